The van der Waals surface area contributed by atoms with E-state index in [1.54, 1.807) is 0 Å². The fraction of sp³-hybridized carbons (Fsp3) is 0.588. The van der Waals surface area contributed by atoms with Gasteiger partial charge in [-0.2, -0.15) is 0 Å². The zero-order valence-corrected chi connectivity index (χ0v) is 14.9. The molecule has 2 rings (SSSR count). The summed E-state index contributed by atoms with van der Waals surface area (Å²) in [6.45, 7) is 6.03. The molecule has 0 unspecified atom stereocenters. The number of amides is 2. The normalized spacial score (nSPS) is 17.8. The van der Waals surface area contributed by atoms with Crippen LogP contribution in [-0.4, -0.2) is 44.4 Å². The fourth-order valence-corrected chi connectivity index (χ4v) is 3.18. The van der Waals surface area contributed by atoms with Crippen LogP contribution in [0.4, 0.5) is 10.5 Å². The van der Waals surface area contributed by atoms with Crippen molar-refractivity contribution < 1.29 is 13.2 Å². The van der Waals surface area contributed by atoms with Crippen molar-refractivity contribution in [2.24, 2.45) is 5.41 Å². The van der Waals surface area contributed by atoms with E-state index in [-0.39, 0.29) is 11.8 Å². The van der Waals surface area contributed by atoms with Crippen molar-refractivity contribution in [2.75, 3.05) is 30.4 Å². The summed E-state index contributed by atoms with van der Waals surface area (Å²) >= 11 is 0. The molecule has 2 amide bonds. The van der Waals surface area contributed by atoms with E-state index in [2.05, 4.69) is 19.2 Å². The highest BCUT2D eigenvalue weighted by atomic mass is 32.2. The molecule has 128 valence electrons. The molecule has 23 heavy (non-hydrogen) atoms. The molecule has 0 bridgehead atoms. The number of benzene rings is 1. The molecule has 1 N–H and O–H groups in total. The number of rotatable bonds is 4. The second kappa shape index (κ2) is 6.91. The van der Waals surface area contributed by atoms with Crippen molar-refractivity contribution >= 4 is 21.6 Å². The van der Waals surface area contributed by atoms with E-state index in [9.17, 15) is 13.2 Å². The summed E-state index contributed by atoms with van der Waals surface area (Å²) < 4.78 is 22.4. The molecule has 1 aromatic rings. The van der Waals surface area contributed by atoms with Crippen LogP contribution in [0.5, 0.6) is 0 Å². The lowest BCUT2D eigenvalue weighted by Crippen LogP contribution is -2.43. The molecule has 0 aromatic heterocycles. The van der Waals surface area contributed by atoms with Gasteiger partial charge < -0.3 is 10.2 Å². The number of likely N-dealkylation sites (tertiary alicyclic amines) is 1. The van der Waals surface area contributed by atoms with Gasteiger partial charge in [-0.3, -0.25) is 0 Å². The maximum Gasteiger partial charge on any atom is 0.321 e. The molecular weight excluding hydrogens is 312 g/mol. The Bertz CT molecular complexity index is 641. The number of carbonyl (C=O) groups excluding carboxylic acids is 1. The standard InChI is InChI=1S/C17H26N2O3S/c1-17(2)9-11-19(12-10-17)16(20)18-15-6-4-14(5-7-15)8-13-23(3,21)22/h4-7H,8-13H2,1-3H3,(H,18,20). The summed E-state index contributed by atoms with van der Waals surface area (Å²) in [6.07, 6.45) is 3.77. The van der Waals surface area contributed by atoms with Crippen LogP contribution in [0.15, 0.2) is 24.3 Å². The zero-order chi connectivity index (χ0) is 17.1. The summed E-state index contributed by atoms with van der Waals surface area (Å²) in [5.41, 5.74) is 2.01. The first kappa shape index (κ1) is 17.8. The SMILES string of the molecule is CC1(C)CCN(C(=O)Nc2ccc(CCS(C)(=O)=O)cc2)CC1. The number of aryl methyl sites for hydroxylation is 1. The lowest BCUT2D eigenvalue weighted by Gasteiger charge is -2.36. The van der Waals surface area contributed by atoms with Gasteiger partial charge in [-0.15, -0.1) is 0 Å². The van der Waals surface area contributed by atoms with Crippen LogP contribution in [0.2, 0.25) is 0 Å². The van der Waals surface area contributed by atoms with Gasteiger partial charge in [-0.25, -0.2) is 13.2 Å². The number of hydrogen-bond acceptors (Lipinski definition) is 3. The number of urea groups is 1. The Kier molecular flexibility index (Phi) is 5.34. The maximum atomic E-state index is 12.3. The summed E-state index contributed by atoms with van der Waals surface area (Å²) in [4.78, 5) is 14.1. The van der Waals surface area contributed by atoms with Crippen LogP contribution in [0.3, 0.4) is 0 Å². The average molecular weight is 338 g/mol. The molecule has 0 atom stereocenters. The average Bonchev–Trinajstić information content (AvgIpc) is 2.45. The molecule has 0 spiro atoms. The van der Waals surface area contributed by atoms with Crippen molar-refractivity contribution in [1.82, 2.24) is 4.90 Å². The number of nitrogens with zero attached hydrogens (tertiary/aromatic N) is 1. The van der Waals surface area contributed by atoms with Crippen LogP contribution in [0.25, 0.3) is 0 Å². The Hall–Kier alpha value is -1.56. The highest BCUT2D eigenvalue weighted by Gasteiger charge is 2.27. The Morgan fingerprint density at radius 1 is 1.17 bits per heavy atom. The monoisotopic (exact) mass is 338 g/mol. The van der Waals surface area contributed by atoms with Gasteiger partial charge in [0.05, 0.1) is 5.75 Å². The molecule has 0 saturated carbocycles. The minimum Gasteiger partial charge on any atom is -0.324 e. The number of carbonyl (C=O) groups is 1. The molecule has 1 fully saturated rings. The van der Waals surface area contributed by atoms with Crippen molar-refractivity contribution in [3.63, 3.8) is 0 Å². The molecule has 1 heterocycles. The minimum atomic E-state index is -2.95. The van der Waals surface area contributed by atoms with Gasteiger partial charge in [-0.05, 0) is 42.4 Å². The van der Waals surface area contributed by atoms with Crippen molar-refractivity contribution in [2.45, 2.75) is 33.1 Å². The first-order valence-corrected chi connectivity index (χ1v) is 10.0. The van der Waals surface area contributed by atoms with Crippen molar-refractivity contribution in [3.05, 3.63) is 29.8 Å². The summed E-state index contributed by atoms with van der Waals surface area (Å²) in [6, 6.07) is 7.30. The van der Waals surface area contributed by atoms with E-state index in [4.69, 9.17) is 0 Å². The molecule has 1 aliphatic rings. The molecular formula is C17H26N2O3S. The van der Waals surface area contributed by atoms with Gasteiger partial charge in [0.25, 0.3) is 0 Å². The van der Waals surface area contributed by atoms with Gasteiger partial charge in [0.15, 0.2) is 0 Å². The molecule has 6 heteroatoms. The third kappa shape index (κ3) is 5.86. The van der Waals surface area contributed by atoms with E-state index in [0.717, 1.165) is 37.2 Å². The van der Waals surface area contributed by atoms with E-state index in [1.165, 1.54) is 6.26 Å². The second-order valence-electron chi connectivity index (χ2n) is 7.16. The van der Waals surface area contributed by atoms with E-state index < -0.39 is 9.84 Å². The Labute approximate surface area is 139 Å². The van der Waals surface area contributed by atoms with Gasteiger partial charge in [0.1, 0.15) is 9.84 Å². The van der Waals surface area contributed by atoms with Crippen LogP contribution in [-0.2, 0) is 16.3 Å². The molecule has 1 aromatic carbocycles. The largest absolute Gasteiger partial charge is 0.324 e. The number of anilines is 1. The highest BCUT2D eigenvalue weighted by molar-refractivity contribution is 7.90. The minimum absolute atomic E-state index is 0.0654. The van der Waals surface area contributed by atoms with Crippen LogP contribution < -0.4 is 5.32 Å². The molecule has 1 aliphatic heterocycles. The lowest BCUT2D eigenvalue weighted by molar-refractivity contribution is 0.149. The van der Waals surface area contributed by atoms with Crippen molar-refractivity contribution in [1.29, 1.82) is 0 Å². The van der Waals surface area contributed by atoms with Gasteiger partial charge in [0, 0.05) is 25.0 Å². The Morgan fingerprint density at radius 2 is 1.74 bits per heavy atom. The van der Waals surface area contributed by atoms with Gasteiger partial charge >= 0.3 is 6.03 Å². The fourth-order valence-electron chi connectivity index (χ4n) is 2.58. The predicted molar refractivity (Wildman–Crippen MR) is 93.5 cm³/mol. The van der Waals surface area contributed by atoms with Crippen LogP contribution in [0, 0.1) is 5.41 Å². The number of nitrogens with one attached hydrogen (secondary N) is 1. The van der Waals surface area contributed by atoms with Crippen LogP contribution >= 0.6 is 0 Å². The number of hydrogen-bond donors (Lipinski definition) is 1. The topological polar surface area (TPSA) is 66.5 Å². The summed E-state index contributed by atoms with van der Waals surface area (Å²) in [7, 11) is -2.95. The molecule has 5 nitrogen and oxygen atoms in total. The first-order valence-electron chi connectivity index (χ1n) is 7.97. The first-order chi connectivity index (χ1) is 10.6. The Balaban J connectivity index is 1.87. The molecule has 0 radical (unpaired) electrons. The number of sulfone groups is 1. The second-order valence-corrected chi connectivity index (χ2v) is 9.42. The van der Waals surface area contributed by atoms with E-state index >= 15 is 0 Å². The third-order valence-corrected chi connectivity index (χ3v) is 5.32. The number of piperidine rings is 1. The summed E-state index contributed by atoms with van der Waals surface area (Å²) in [5.74, 6) is 0.141. The Morgan fingerprint density at radius 3 is 2.26 bits per heavy atom. The molecule has 1 saturated heterocycles. The van der Waals surface area contributed by atoms with Gasteiger partial charge in [-0.1, -0.05) is 26.0 Å². The van der Waals surface area contributed by atoms with E-state index in [1.807, 2.05) is 29.2 Å². The van der Waals surface area contributed by atoms with Gasteiger partial charge in [0.2, 0.25) is 0 Å². The van der Waals surface area contributed by atoms with Crippen LogP contribution in [0.1, 0.15) is 32.3 Å². The third-order valence-electron chi connectivity index (χ3n) is 4.37. The quantitative estimate of drug-likeness (QED) is 0.918. The van der Waals surface area contributed by atoms with Crippen molar-refractivity contribution in [3.8, 4) is 0 Å². The maximum absolute atomic E-state index is 12.3. The molecule has 0 aliphatic carbocycles. The predicted octanol–water partition coefficient (Wildman–Crippen LogP) is 2.93. The summed E-state index contributed by atoms with van der Waals surface area (Å²) in [5, 5.41) is 2.91. The smallest absolute Gasteiger partial charge is 0.321 e. The van der Waals surface area contributed by atoms with E-state index in [0.29, 0.717) is 11.8 Å². The highest BCUT2D eigenvalue weighted by Crippen LogP contribution is 2.29. The lowest BCUT2D eigenvalue weighted by atomic mass is 9.83. The zero-order valence-electron chi connectivity index (χ0n) is 14.1.